The fourth-order valence-corrected chi connectivity index (χ4v) is 6.27. The quantitative estimate of drug-likeness (QED) is 0.438. The molecule has 3 fully saturated rings. The number of hydrogen-bond acceptors (Lipinski definition) is 6. The second-order valence-electron chi connectivity index (χ2n) is 10.1. The third-order valence-corrected chi connectivity index (χ3v) is 8.21. The number of amides is 1. The van der Waals surface area contributed by atoms with Gasteiger partial charge in [0.2, 0.25) is 5.91 Å². The van der Waals surface area contributed by atoms with Gasteiger partial charge in [0.25, 0.3) is 0 Å². The zero-order valence-corrected chi connectivity index (χ0v) is 20.4. The first kappa shape index (κ1) is 23.7. The van der Waals surface area contributed by atoms with Crippen molar-refractivity contribution in [1.82, 2.24) is 30.1 Å². The van der Waals surface area contributed by atoms with Crippen molar-refractivity contribution in [3.8, 4) is 0 Å². The van der Waals surface area contributed by atoms with Gasteiger partial charge in [-0.05, 0) is 42.6 Å². The molecule has 1 saturated heterocycles. The molecule has 3 aromatic heterocycles. The van der Waals surface area contributed by atoms with E-state index in [4.69, 9.17) is 11.6 Å². The number of rotatable bonds is 6. The molecule has 0 aromatic carbocycles. The van der Waals surface area contributed by atoms with E-state index in [1.54, 1.807) is 23.0 Å². The van der Waals surface area contributed by atoms with Crippen molar-refractivity contribution in [2.75, 3.05) is 18.9 Å². The summed E-state index contributed by atoms with van der Waals surface area (Å²) in [6.07, 6.45) is 5.03. The van der Waals surface area contributed by atoms with Crippen molar-refractivity contribution in [3.63, 3.8) is 0 Å². The molecule has 2 aliphatic carbocycles. The summed E-state index contributed by atoms with van der Waals surface area (Å²) >= 11 is 6.87. The molecule has 6 unspecified atom stereocenters. The smallest absolute Gasteiger partial charge is 0.231 e. The van der Waals surface area contributed by atoms with Gasteiger partial charge in [0.1, 0.15) is 18.0 Å². The van der Waals surface area contributed by atoms with Gasteiger partial charge in [-0.15, -0.1) is 11.6 Å². The van der Waals surface area contributed by atoms with Gasteiger partial charge in [0, 0.05) is 43.6 Å². The van der Waals surface area contributed by atoms with Gasteiger partial charge in [-0.25, -0.2) is 13.8 Å². The molecule has 190 valence electrons. The second kappa shape index (κ2) is 9.33. The van der Waals surface area contributed by atoms with Crippen LogP contribution in [0.4, 0.5) is 14.6 Å². The number of nitrogens with one attached hydrogen (secondary N) is 3. The highest BCUT2D eigenvalue weighted by molar-refractivity contribution is 6.21. The first-order chi connectivity index (χ1) is 17.4. The van der Waals surface area contributed by atoms with Gasteiger partial charge in [0.15, 0.2) is 5.82 Å². The summed E-state index contributed by atoms with van der Waals surface area (Å²) < 4.78 is 31.0. The number of fused-ring (bicyclic) bond motifs is 2. The van der Waals surface area contributed by atoms with E-state index in [-0.39, 0.29) is 30.2 Å². The molecule has 1 aliphatic heterocycles. The van der Waals surface area contributed by atoms with E-state index in [0.717, 1.165) is 11.1 Å². The Kier molecular flexibility index (Phi) is 6.15. The average molecular weight is 516 g/mol. The van der Waals surface area contributed by atoms with Crippen LogP contribution in [-0.4, -0.2) is 68.6 Å². The van der Waals surface area contributed by atoms with E-state index >= 15 is 4.39 Å². The number of aromatic nitrogens is 3. The topological polar surface area (TPSA) is 86.6 Å². The van der Waals surface area contributed by atoms with E-state index in [0.29, 0.717) is 24.6 Å². The van der Waals surface area contributed by atoms with E-state index < -0.39 is 29.7 Å². The molecule has 2 saturated carbocycles. The van der Waals surface area contributed by atoms with Crippen LogP contribution in [0.2, 0.25) is 0 Å². The van der Waals surface area contributed by atoms with Crippen LogP contribution in [0.25, 0.3) is 5.65 Å². The first-order valence-electron chi connectivity index (χ1n) is 12.2. The minimum atomic E-state index is -1.27. The van der Waals surface area contributed by atoms with Gasteiger partial charge >= 0.3 is 0 Å². The Morgan fingerprint density at radius 2 is 2.14 bits per heavy atom. The van der Waals surface area contributed by atoms with Crippen LogP contribution < -0.4 is 16.2 Å². The number of carbonyl (C=O) groups excluding carboxylic acids is 1. The molecule has 0 bridgehead atoms. The van der Waals surface area contributed by atoms with Crippen LogP contribution in [0.1, 0.15) is 23.5 Å². The van der Waals surface area contributed by atoms with Crippen molar-refractivity contribution in [1.29, 1.82) is 0 Å². The molecule has 4 heterocycles. The van der Waals surface area contributed by atoms with E-state index in [9.17, 15) is 9.18 Å². The van der Waals surface area contributed by atoms with Crippen molar-refractivity contribution in [2.24, 2.45) is 11.8 Å². The molecule has 0 spiro atoms. The Morgan fingerprint density at radius 3 is 2.89 bits per heavy atom. The highest BCUT2D eigenvalue weighted by atomic mass is 35.5. The molecule has 3 aliphatic rings. The lowest BCUT2D eigenvalue weighted by molar-refractivity contribution is -0.117. The van der Waals surface area contributed by atoms with Crippen LogP contribution in [0.5, 0.6) is 0 Å². The Morgan fingerprint density at radius 1 is 1.31 bits per heavy atom. The number of hydrogen-bond donors (Lipinski definition) is 3. The van der Waals surface area contributed by atoms with Gasteiger partial charge < -0.3 is 9.72 Å². The molecule has 8 atom stereocenters. The van der Waals surface area contributed by atoms with Crippen LogP contribution in [-0.2, 0) is 11.3 Å². The third-order valence-electron chi connectivity index (χ3n) is 7.69. The van der Waals surface area contributed by atoms with E-state index in [1.807, 2.05) is 42.4 Å². The SMILES string of the molecule is CN(Cc1cccnc1)C1C(F)C(Cl)C(c2ccc3nc(NC(=O)[C@@H]4C[C@@H]4F)cn3c2)C2CNNC21. The zero-order chi connectivity index (χ0) is 25.0. The van der Waals surface area contributed by atoms with Crippen molar-refractivity contribution in [3.05, 3.63) is 60.2 Å². The Bertz CT molecular complexity index is 1260. The van der Waals surface area contributed by atoms with Crippen LogP contribution in [0.15, 0.2) is 49.1 Å². The van der Waals surface area contributed by atoms with Gasteiger partial charge in [0.05, 0.1) is 23.5 Å². The van der Waals surface area contributed by atoms with Crippen LogP contribution in [0.3, 0.4) is 0 Å². The van der Waals surface area contributed by atoms with Gasteiger partial charge in [-0.2, -0.15) is 0 Å². The molecule has 3 aromatic rings. The summed E-state index contributed by atoms with van der Waals surface area (Å²) in [5, 5.41) is 1.96. The maximum atomic E-state index is 16.0. The number of carbonyl (C=O) groups is 1. The minimum Gasteiger partial charge on any atom is -0.309 e. The summed E-state index contributed by atoms with van der Waals surface area (Å²) in [7, 11) is 1.92. The monoisotopic (exact) mass is 515 g/mol. The lowest BCUT2D eigenvalue weighted by Crippen LogP contribution is -2.62. The number of alkyl halides is 3. The fourth-order valence-electron chi connectivity index (χ4n) is 5.79. The number of hydrazine groups is 1. The highest BCUT2D eigenvalue weighted by Gasteiger charge is 2.54. The predicted octanol–water partition coefficient (Wildman–Crippen LogP) is 2.66. The van der Waals surface area contributed by atoms with E-state index in [2.05, 4.69) is 26.1 Å². The molecule has 1 amide bonds. The number of likely N-dealkylation sites (N-methyl/N-ethyl adjacent to an activating group) is 1. The van der Waals surface area contributed by atoms with Crippen molar-refractivity contribution < 1.29 is 13.6 Å². The molecule has 11 heteroatoms. The van der Waals surface area contributed by atoms with Gasteiger partial charge in [-0.3, -0.25) is 25.5 Å². The minimum absolute atomic E-state index is 0.0670. The Hall–Kier alpha value is -2.66. The highest BCUT2D eigenvalue weighted by Crippen LogP contribution is 2.45. The zero-order valence-electron chi connectivity index (χ0n) is 19.7. The second-order valence-corrected chi connectivity index (χ2v) is 10.6. The maximum Gasteiger partial charge on any atom is 0.231 e. The lowest BCUT2D eigenvalue weighted by atomic mass is 9.70. The average Bonchev–Trinajstić information content (AvgIpc) is 3.22. The van der Waals surface area contributed by atoms with Crippen LogP contribution in [0, 0.1) is 11.8 Å². The Labute approximate surface area is 212 Å². The van der Waals surface area contributed by atoms with E-state index in [1.165, 1.54) is 0 Å². The molecule has 8 nitrogen and oxygen atoms in total. The molecular formula is C25H28ClF2N7O. The summed E-state index contributed by atoms with van der Waals surface area (Å²) in [5.74, 6) is -0.746. The summed E-state index contributed by atoms with van der Waals surface area (Å²) in [6.45, 7) is 1.23. The molecule has 36 heavy (non-hydrogen) atoms. The standard InChI is InChI=1S/C25H28ClF2N7O/c1-34(10-13-3-2-6-29-8-13)24-22(28)21(26)20(16-9-30-33-23(16)24)14-4-5-19-31-18(12-35(19)11-14)32-25(36)15-7-17(15)27/h2-6,8,11-12,15-17,20-24,30,33H,7,9-10H2,1H3,(H,32,36)/t15-,16?,17+,20?,21?,22?,23?,24?/m1/s1. The molecular weight excluding hydrogens is 488 g/mol. The van der Waals surface area contributed by atoms with Crippen molar-refractivity contribution >= 4 is 29.0 Å². The number of imidazole rings is 1. The Balaban J connectivity index is 1.24. The summed E-state index contributed by atoms with van der Waals surface area (Å²) in [5.41, 5.74) is 9.08. The number of anilines is 1. The fraction of sp³-hybridized carbons (Fsp3) is 0.480. The number of nitrogens with zero attached hydrogens (tertiary/aromatic N) is 4. The summed E-state index contributed by atoms with van der Waals surface area (Å²) in [4.78, 5) is 22.7. The maximum absolute atomic E-state index is 16.0. The molecule has 6 rings (SSSR count). The van der Waals surface area contributed by atoms with Gasteiger partial charge in [-0.1, -0.05) is 12.1 Å². The largest absolute Gasteiger partial charge is 0.309 e. The predicted molar refractivity (Wildman–Crippen MR) is 132 cm³/mol. The number of halogens is 3. The third kappa shape index (κ3) is 4.26. The van der Waals surface area contributed by atoms with Crippen molar-refractivity contribution in [2.45, 2.75) is 48.7 Å². The summed E-state index contributed by atoms with van der Waals surface area (Å²) in [6, 6.07) is 7.07. The van der Waals surface area contributed by atoms with Crippen LogP contribution >= 0.6 is 11.6 Å². The molecule has 3 N–H and O–H groups in total. The lowest BCUT2D eigenvalue weighted by Gasteiger charge is -2.47. The first-order valence-corrected chi connectivity index (χ1v) is 12.6. The molecule has 0 radical (unpaired) electrons. The normalized spacial score (nSPS) is 33.6. The number of pyridine rings is 2.